The van der Waals surface area contributed by atoms with Gasteiger partial charge in [0.15, 0.2) is 5.78 Å². The van der Waals surface area contributed by atoms with E-state index in [0.29, 0.717) is 16.5 Å². The molecule has 1 aliphatic rings. The molecule has 1 aromatic carbocycles. The first-order valence-corrected chi connectivity index (χ1v) is 6.54. The summed E-state index contributed by atoms with van der Waals surface area (Å²) in [6, 6.07) is 5.53. The van der Waals surface area contributed by atoms with E-state index in [4.69, 9.17) is 16.3 Å². The van der Waals surface area contributed by atoms with Gasteiger partial charge < -0.3 is 9.64 Å². The maximum Gasteiger partial charge on any atom is 0.159 e. The third-order valence-corrected chi connectivity index (χ3v) is 3.69. The maximum atomic E-state index is 11.3. The molecular weight excluding hydrogens is 250 g/mol. The van der Waals surface area contributed by atoms with Crippen molar-refractivity contribution in [2.75, 3.05) is 31.7 Å². The van der Waals surface area contributed by atoms with Crippen molar-refractivity contribution < 1.29 is 9.53 Å². The lowest BCUT2D eigenvalue weighted by atomic mass is 10.1. The van der Waals surface area contributed by atoms with Crippen molar-refractivity contribution in [1.82, 2.24) is 0 Å². The number of anilines is 1. The van der Waals surface area contributed by atoms with Gasteiger partial charge in [-0.15, -0.1) is 0 Å². The van der Waals surface area contributed by atoms with Crippen molar-refractivity contribution >= 4 is 23.1 Å². The van der Waals surface area contributed by atoms with Crippen LogP contribution in [0.4, 0.5) is 5.69 Å². The Labute approximate surface area is 113 Å². The lowest BCUT2D eigenvalue weighted by Crippen LogP contribution is -2.21. The number of benzene rings is 1. The van der Waals surface area contributed by atoms with Gasteiger partial charge >= 0.3 is 0 Å². The number of hydrogen-bond donors (Lipinski definition) is 0. The summed E-state index contributed by atoms with van der Waals surface area (Å²) in [6.07, 6.45) is 1.12. The molecule has 0 spiro atoms. The van der Waals surface area contributed by atoms with E-state index >= 15 is 0 Å². The van der Waals surface area contributed by atoms with Crippen LogP contribution in [0.25, 0.3) is 0 Å². The van der Waals surface area contributed by atoms with Gasteiger partial charge in [0.25, 0.3) is 0 Å². The van der Waals surface area contributed by atoms with Crippen molar-refractivity contribution in [2.24, 2.45) is 5.92 Å². The van der Waals surface area contributed by atoms with Gasteiger partial charge in [0.2, 0.25) is 0 Å². The summed E-state index contributed by atoms with van der Waals surface area (Å²) in [5.74, 6) is 0.612. The van der Waals surface area contributed by atoms with Crippen LogP contribution in [-0.2, 0) is 4.74 Å². The minimum absolute atomic E-state index is 0.0436. The third kappa shape index (κ3) is 2.85. The molecule has 1 unspecified atom stereocenters. The maximum absolute atomic E-state index is 11.3. The molecule has 1 aliphatic heterocycles. The van der Waals surface area contributed by atoms with Crippen LogP contribution in [0, 0.1) is 5.92 Å². The molecule has 1 aromatic rings. The zero-order valence-electron chi connectivity index (χ0n) is 10.8. The van der Waals surface area contributed by atoms with Crippen LogP contribution < -0.4 is 4.90 Å². The first kappa shape index (κ1) is 13.4. The number of halogens is 1. The van der Waals surface area contributed by atoms with Crippen molar-refractivity contribution in [3.8, 4) is 0 Å². The summed E-state index contributed by atoms with van der Waals surface area (Å²) in [4.78, 5) is 13.5. The molecule has 2 rings (SSSR count). The fourth-order valence-electron chi connectivity index (χ4n) is 2.41. The van der Waals surface area contributed by atoms with Gasteiger partial charge in [-0.1, -0.05) is 11.6 Å². The molecule has 4 heteroatoms. The summed E-state index contributed by atoms with van der Waals surface area (Å²) < 4.78 is 5.19. The number of hydrogen-bond acceptors (Lipinski definition) is 3. The normalized spacial score (nSPS) is 19.3. The second-order valence-corrected chi connectivity index (χ2v) is 5.19. The fraction of sp³-hybridized carbons (Fsp3) is 0.500. The Morgan fingerprint density at radius 2 is 2.33 bits per heavy atom. The monoisotopic (exact) mass is 267 g/mol. The first-order valence-electron chi connectivity index (χ1n) is 6.16. The van der Waals surface area contributed by atoms with E-state index in [1.54, 1.807) is 20.1 Å². The summed E-state index contributed by atoms with van der Waals surface area (Å²) in [7, 11) is 1.73. The molecule has 0 bridgehead atoms. The summed E-state index contributed by atoms with van der Waals surface area (Å²) in [6.45, 7) is 4.30. The number of carbonyl (C=O) groups excluding carboxylic acids is 1. The highest BCUT2D eigenvalue weighted by atomic mass is 35.5. The fourth-order valence-corrected chi connectivity index (χ4v) is 2.71. The Balaban J connectivity index is 2.12. The Hall–Kier alpha value is -1.06. The van der Waals surface area contributed by atoms with E-state index in [0.717, 1.165) is 31.8 Å². The highest BCUT2D eigenvalue weighted by Crippen LogP contribution is 2.31. The third-order valence-electron chi connectivity index (χ3n) is 3.38. The summed E-state index contributed by atoms with van der Waals surface area (Å²) in [5, 5.41) is 0.653. The van der Waals surface area contributed by atoms with Gasteiger partial charge in [0.05, 0.1) is 17.3 Å². The highest BCUT2D eigenvalue weighted by Gasteiger charge is 2.24. The van der Waals surface area contributed by atoms with Crippen molar-refractivity contribution in [2.45, 2.75) is 13.3 Å². The molecule has 0 saturated carbocycles. The Morgan fingerprint density at radius 1 is 1.56 bits per heavy atom. The molecular formula is C14H18ClNO2. The summed E-state index contributed by atoms with van der Waals surface area (Å²) in [5.41, 5.74) is 1.68. The quantitative estimate of drug-likeness (QED) is 0.786. The number of nitrogens with zero attached hydrogens (tertiary/aromatic N) is 1. The molecule has 98 valence electrons. The lowest BCUT2D eigenvalue weighted by molar-refractivity contribution is 0.101. The van der Waals surface area contributed by atoms with Gasteiger partial charge in [-0.3, -0.25) is 4.79 Å². The van der Waals surface area contributed by atoms with Crippen LogP contribution in [0.15, 0.2) is 18.2 Å². The lowest BCUT2D eigenvalue weighted by Gasteiger charge is -2.20. The number of ketones is 1. The largest absolute Gasteiger partial charge is 0.384 e. The molecule has 0 radical (unpaired) electrons. The minimum atomic E-state index is 0.0436. The molecule has 0 aliphatic carbocycles. The molecule has 18 heavy (non-hydrogen) atoms. The Morgan fingerprint density at radius 3 is 2.94 bits per heavy atom. The first-order chi connectivity index (χ1) is 8.61. The molecule has 1 fully saturated rings. The van der Waals surface area contributed by atoms with E-state index < -0.39 is 0 Å². The zero-order valence-corrected chi connectivity index (χ0v) is 11.5. The van der Waals surface area contributed by atoms with Crippen LogP contribution in [0.1, 0.15) is 23.7 Å². The number of Topliss-reactive ketones (excluding diaryl/α,β-unsaturated/α-hetero) is 1. The smallest absolute Gasteiger partial charge is 0.159 e. The Bertz CT molecular complexity index is 447. The van der Waals surface area contributed by atoms with Gasteiger partial charge in [0.1, 0.15) is 0 Å². The second-order valence-electron chi connectivity index (χ2n) is 4.78. The molecule has 1 saturated heterocycles. The van der Waals surface area contributed by atoms with Gasteiger partial charge in [-0.25, -0.2) is 0 Å². The number of ether oxygens (including phenoxy) is 1. The predicted octanol–water partition coefficient (Wildman–Crippen LogP) is 3.02. The second kappa shape index (κ2) is 5.72. The standard InChI is InChI=1S/C14H18ClNO2/c1-10(17)12-3-4-14(13(15)7-12)16-6-5-11(8-16)9-18-2/h3-4,7,11H,5-6,8-9H2,1-2H3. The van der Waals surface area contributed by atoms with Gasteiger partial charge in [-0.2, -0.15) is 0 Å². The van der Waals surface area contributed by atoms with Crippen molar-refractivity contribution in [3.05, 3.63) is 28.8 Å². The minimum Gasteiger partial charge on any atom is -0.384 e. The number of methoxy groups -OCH3 is 1. The van der Waals surface area contributed by atoms with E-state index in [1.165, 1.54) is 0 Å². The van der Waals surface area contributed by atoms with E-state index in [1.807, 2.05) is 12.1 Å². The average Bonchev–Trinajstić information content (AvgIpc) is 2.77. The summed E-state index contributed by atoms with van der Waals surface area (Å²) >= 11 is 6.25. The SMILES string of the molecule is COCC1CCN(c2ccc(C(C)=O)cc2Cl)C1. The molecule has 1 heterocycles. The Kier molecular flexibility index (Phi) is 4.25. The molecule has 0 N–H and O–H groups in total. The van der Waals surface area contributed by atoms with Gasteiger partial charge in [-0.05, 0) is 31.5 Å². The zero-order chi connectivity index (χ0) is 13.1. The average molecular weight is 268 g/mol. The molecule has 0 aromatic heterocycles. The highest BCUT2D eigenvalue weighted by molar-refractivity contribution is 6.33. The molecule has 3 nitrogen and oxygen atoms in total. The topological polar surface area (TPSA) is 29.5 Å². The number of carbonyl (C=O) groups is 1. The van der Waals surface area contributed by atoms with Gasteiger partial charge in [0, 0.05) is 31.7 Å². The van der Waals surface area contributed by atoms with Crippen LogP contribution in [0.5, 0.6) is 0 Å². The molecule has 0 amide bonds. The van der Waals surface area contributed by atoms with E-state index in [2.05, 4.69) is 4.90 Å². The van der Waals surface area contributed by atoms with Crippen molar-refractivity contribution in [1.29, 1.82) is 0 Å². The predicted molar refractivity (Wildman–Crippen MR) is 73.7 cm³/mol. The van der Waals surface area contributed by atoms with Crippen LogP contribution in [0.2, 0.25) is 5.02 Å². The van der Waals surface area contributed by atoms with E-state index in [9.17, 15) is 4.79 Å². The number of rotatable bonds is 4. The van der Waals surface area contributed by atoms with Crippen LogP contribution >= 0.6 is 11.6 Å². The molecule has 1 atom stereocenters. The van der Waals surface area contributed by atoms with Crippen molar-refractivity contribution in [3.63, 3.8) is 0 Å². The van der Waals surface area contributed by atoms with Crippen LogP contribution in [-0.4, -0.2) is 32.6 Å². The van der Waals surface area contributed by atoms with Crippen LogP contribution in [0.3, 0.4) is 0 Å². The van der Waals surface area contributed by atoms with E-state index in [-0.39, 0.29) is 5.78 Å².